The number of imidazole rings is 1. The number of anilines is 1. The number of carbonyl (C=O) groups is 1. The van der Waals surface area contributed by atoms with Crippen LogP contribution in [0.5, 0.6) is 0 Å². The Labute approximate surface area is 172 Å². The SMILES string of the molecule is O=C(c1ccc(Br)o1)N(CCCn1ccnc1)c1nc2c(Cl)cccc2s1. The summed E-state index contributed by atoms with van der Waals surface area (Å²) >= 11 is 10.9. The number of halogens is 2. The highest BCUT2D eigenvalue weighted by Crippen LogP contribution is 2.33. The van der Waals surface area contributed by atoms with Crippen molar-refractivity contribution in [1.29, 1.82) is 0 Å². The summed E-state index contributed by atoms with van der Waals surface area (Å²) in [5.74, 6) is 0.0244. The summed E-state index contributed by atoms with van der Waals surface area (Å²) in [6, 6.07) is 8.96. The molecule has 0 fully saturated rings. The number of carbonyl (C=O) groups excluding carboxylic acids is 1. The number of furan rings is 1. The minimum atomic E-state index is -0.235. The van der Waals surface area contributed by atoms with E-state index in [2.05, 4.69) is 25.9 Å². The van der Waals surface area contributed by atoms with Gasteiger partial charge in [-0.15, -0.1) is 0 Å². The molecule has 4 rings (SSSR count). The molecular formula is C18H14BrClN4O2S. The normalized spacial score (nSPS) is 11.2. The molecule has 0 atom stereocenters. The van der Waals surface area contributed by atoms with Crippen molar-refractivity contribution in [3.8, 4) is 0 Å². The lowest BCUT2D eigenvalue weighted by Gasteiger charge is -2.18. The van der Waals surface area contributed by atoms with Crippen molar-refractivity contribution in [2.24, 2.45) is 0 Å². The highest BCUT2D eigenvalue weighted by Gasteiger charge is 2.24. The fraction of sp³-hybridized carbons (Fsp3) is 0.167. The molecule has 0 aliphatic carbocycles. The fourth-order valence-electron chi connectivity index (χ4n) is 2.70. The van der Waals surface area contributed by atoms with E-state index in [0.717, 1.165) is 17.7 Å². The van der Waals surface area contributed by atoms with E-state index in [4.69, 9.17) is 16.0 Å². The lowest BCUT2D eigenvalue weighted by Crippen LogP contribution is -2.32. The lowest BCUT2D eigenvalue weighted by atomic mass is 10.3. The molecule has 0 aliphatic heterocycles. The summed E-state index contributed by atoms with van der Waals surface area (Å²) < 4.78 is 8.88. The van der Waals surface area contributed by atoms with Crippen molar-refractivity contribution < 1.29 is 9.21 Å². The van der Waals surface area contributed by atoms with Crippen LogP contribution in [0.4, 0.5) is 5.13 Å². The van der Waals surface area contributed by atoms with E-state index in [1.807, 2.05) is 22.9 Å². The summed E-state index contributed by atoms with van der Waals surface area (Å²) in [5, 5.41) is 1.17. The average Bonchev–Trinajstić information content (AvgIpc) is 3.39. The smallest absolute Gasteiger partial charge is 0.295 e. The average molecular weight is 466 g/mol. The van der Waals surface area contributed by atoms with Gasteiger partial charge in [0, 0.05) is 25.5 Å². The number of thiazole rings is 1. The van der Waals surface area contributed by atoms with Gasteiger partial charge in [-0.2, -0.15) is 0 Å². The molecule has 9 heteroatoms. The van der Waals surface area contributed by atoms with Gasteiger partial charge in [-0.05, 0) is 46.6 Å². The van der Waals surface area contributed by atoms with Gasteiger partial charge in [-0.3, -0.25) is 9.69 Å². The highest BCUT2D eigenvalue weighted by atomic mass is 79.9. The Morgan fingerprint density at radius 2 is 2.22 bits per heavy atom. The van der Waals surface area contributed by atoms with Crippen LogP contribution in [0.2, 0.25) is 5.02 Å². The molecule has 138 valence electrons. The first-order valence-electron chi connectivity index (χ1n) is 8.20. The third-order valence-electron chi connectivity index (χ3n) is 3.98. The molecule has 0 aliphatic rings. The van der Waals surface area contributed by atoms with Crippen molar-refractivity contribution in [2.45, 2.75) is 13.0 Å². The van der Waals surface area contributed by atoms with Crippen LogP contribution in [0.15, 0.2) is 58.1 Å². The largest absolute Gasteiger partial charge is 0.444 e. The van der Waals surface area contributed by atoms with Gasteiger partial charge < -0.3 is 8.98 Å². The maximum Gasteiger partial charge on any atom is 0.295 e. The van der Waals surface area contributed by atoms with Gasteiger partial charge >= 0.3 is 0 Å². The molecule has 0 spiro atoms. The Kier molecular flexibility index (Phi) is 5.29. The zero-order valence-corrected chi connectivity index (χ0v) is 17.2. The quantitative estimate of drug-likeness (QED) is 0.391. The van der Waals surface area contributed by atoms with Gasteiger partial charge in [0.1, 0.15) is 5.52 Å². The number of aromatic nitrogens is 3. The van der Waals surface area contributed by atoms with E-state index < -0.39 is 0 Å². The summed E-state index contributed by atoms with van der Waals surface area (Å²) in [5.41, 5.74) is 0.701. The Hall–Kier alpha value is -2.16. The Morgan fingerprint density at radius 1 is 1.33 bits per heavy atom. The highest BCUT2D eigenvalue weighted by molar-refractivity contribution is 9.10. The first-order valence-corrected chi connectivity index (χ1v) is 10.2. The second-order valence-electron chi connectivity index (χ2n) is 5.80. The third kappa shape index (κ3) is 3.92. The molecule has 27 heavy (non-hydrogen) atoms. The van der Waals surface area contributed by atoms with Gasteiger partial charge in [0.25, 0.3) is 5.91 Å². The van der Waals surface area contributed by atoms with Crippen LogP contribution in [0, 0.1) is 0 Å². The minimum absolute atomic E-state index is 0.235. The van der Waals surface area contributed by atoms with Gasteiger partial charge in [0.15, 0.2) is 15.6 Å². The summed E-state index contributed by atoms with van der Waals surface area (Å²) in [4.78, 5) is 23.3. The molecule has 6 nitrogen and oxygen atoms in total. The zero-order chi connectivity index (χ0) is 18.8. The molecular weight excluding hydrogens is 452 g/mol. The maximum atomic E-state index is 13.0. The van der Waals surface area contributed by atoms with E-state index in [9.17, 15) is 4.79 Å². The minimum Gasteiger partial charge on any atom is -0.444 e. The van der Waals surface area contributed by atoms with E-state index in [0.29, 0.717) is 26.9 Å². The number of rotatable bonds is 6. The summed E-state index contributed by atoms with van der Waals surface area (Å²) in [7, 11) is 0. The second-order valence-corrected chi connectivity index (χ2v) is 8.00. The van der Waals surface area contributed by atoms with Gasteiger partial charge in [-0.25, -0.2) is 9.97 Å². The maximum absolute atomic E-state index is 13.0. The molecule has 3 heterocycles. The van der Waals surface area contributed by atoms with Crippen molar-refractivity contribution in [3.63, 3.8) is 0 Å². The number of hydrogen-bond donors (Lipinski definition) is 0. The molecule has 0 radical (unpaired) electrons. The second kappa shape index (κ2) is 7.84. The van der Waals surface area contributed by atoms with Crippen molar-refractivity contribution in [3.05, 3.63) is 64.5 Å². The van der Waals surface area contributed by atoms with Crippen LogP contribution in [0.3, 0.4) is 0 Å². The predicted molar refractivity (Wildman–Crippen MR) is 110 cm³/mol. The van der Waals surface area contributed by atoms with E-state index in [-0.39, 0.29) is 11.7 Å². The number of hydrogen-bond acceptors (Lipinski definition) is 5. The first kappa shape index (κ1) is 18.2. The Balaban J connectivity index is 1.63. The van der Waals surface area contributed by atoms with Crippen LogP contribution in [-0.4, -0.2) is 27.0 Å². The monoisotopic (exact) mass is 464 g/mol. The van der Waals surface area contributed by atoms with Crippen LogP contribution >= 0.6 is 38.9 Å². The third-order valence-corrected chi connectivity index (χ3v) is 5.75. The summed E-state index contributed by atoms with van der Waals surface area (Å²) in [6.07, 6.45) is 6.13. The number of amides is 1. The molecule has 1 amide bonds. The molecule has 0 saturated heterocycles. The molecule has 0 unspecified atom stereocenters. The molecule has 0 N–H and O–H groups in total. The zero-order valence-electron chi connectivity index (χ0n) is 14.0. The molecule has 1 aromatic carbocycles. The Morgan fingerprint density at radius 3 is 2.93 bits per heavy atom. The standard InChI is InChI=1S/C18H14BrClN4O2S/c19-15-6-5-13(26-15)17(25)24(9-2-8-23-10-7-21-11-23)18-22-16-12(20)3-1-4-14(16)27-18/h1,3-7,10-11H,2,8-9H2. The van der Waals surface area contributed by atoms with Crippen LogP contribution < -0.4 is 4.90 Å². The first-order chi connectivity index (χ1) is 13.1. The van der Waals surface area contributed by atoms with E-state index in [1.165, 1.54) is 11.3 Å². The van der Waals surface area contributed by atoms with Gasteiger partial charge in [0.2, 0.25) is 0 Å². The number of nitrogens with zero attached hydrogens (tertiary/aromatic N) is 4. The van der Waals surface area contributed by atoms with Crippen molar-refractivity contribution in [1.82, 2.24) is 14.5 Å². The predicted octanol–water partition coefficient (Wildman–Crippen LogP) is 5.24. The molecule has 4 aromatic rings. The van der Waals surface area contributed by atoms with Gasteiger partial charge in [0.05, 0.1) is 16.0 Å². The number of benzene rings is 1. The van der Waals surface area contributed by atoms with Crippen LogP contribution in [0.1, 0.15) is 17.0 Å². The van der Waals surface area contributed by atoms with E-state index in [1.54, 1.807) is 35.6 Å². The lowest BCUT2D eigenvalue weighted by molar-refractivity contribution is 0.0958. The van der Waals surface area contributed by atoms with E-state index >= 15 is 0 Å². The van der Waals surface area contributed by atoms with Crippen molar-refractivity contribution >= 4 is 60.1 Å². The van der Waals surface area contributed by atoms with Crippen molar-refractivity contribution in [2.75, 3.05) is 11.4 Å². The fourth-order valence-corrected chi connectivity index (χ4v) is 4.29. The topological polar surface area (TPSA) is 64.2 Å². The molecule has 3 aromatic heterocycles. The van der Waals surface area contributed by atoms with Crippen LogP contribution in [-0.2, 0) is 6.54 Å². The molecule has 0 bridgehead atoms. The molecule has 0 saturated carbocycles. The van der Waals surface area contributed by atoms with Crippen LogP contribution in [0.25, 0.3) is 10.2 Å². The number of aryl methyl sites for hydroxylation is 1. The number of fused-ring (bicyclic) bond motifs is 1. The summed E-state index contributed by atoms with van der Waals surface area (Å²) in [6.45, 7) is 1.24. The Bertz CT molecular complexity index is 1080. The number of para-hydroxylation sites is 1. The van der Waals surface area contributed by atoms with Gasteiger partial charge in [-0.1, -0.05) is 29.0 Å².